The lowest BCUT2D eigenvalue weighted by atomic mass is 10.0. The van der Waals surface area contributed by atoms with Crippen LogP contribution in [0, 0.1) is 18.7 Å². The number of halogens is 1. The molecule has 1 N–H and O–H groups in total. The monoisotopic (exact) mass is 265 g/mol. The molecule has 0 unspecified atom stereocenters. The zero-order valence-corrected chi connectivity index (χ0v) is 12.6. The van der Waals surface area contributed by atoms with Crippen molar-refractivity contribution in [2.45, 2.75) is 59.4 Å². The number of nitrogens with one attached hydrogen (secondary N) is 1. The van der Waals surface area contributed by atoms with Gasteiger partial charge < -0.3 is 5.32 Å². The molecule has 0 aliphatic heterocycles. The van der Waals surface area contributed by atoms with Gasteiger partial charge in [-0.15, -0.1) is 0 Å². The molecule has 2 heteroatoms. The molecule has 1 rings (SSSR count). The number of rotatable bonds is 9. The third-order valence-electron chi connectivity index (χ3n) is 3.40. The van der Waals surface area contributed by atoms with Gasteiger partial charge >= 0.3 is 0 Å². The van der Waals surface area contributed by atoms with Gasteiger partial charge in [-0.05, 0) is 31.9 Å². The molecule has 0 atom stereocenters. The molecule has 108 valence electrons. The molecule has 1 nitrogen and oxygen atoms in total. The van der Waals surface area contributed by atoms with Crippen LogP contribution in [0.2, 0.25) is 0 Å². The molecule has 0 heterocycles. The fraction of sp³-hybridized carbons (Fsp3) is 0.647. The Hall–Kier alpha value is -0.890. The molecule has 0 fully saturated rings. The summed E-state index contributed by atoms with van der Waals surface area (Å²) < 4.78 is 13.5. The Bertz CT molecular complexity index is 360. The third-order valence-corrected chi connectivity index (χ3v) is 3.40. The number of benzene rings is 1. The first-order valence-electron chi connectivity index (χ1n) is 7.55. The van der Waals surface area contributed by atoms with E-state index in [0.717, 1.165) is 23.6 Å². The number of unbranched alkanes of at least 4 members (excludes halogenated alkanes) is 3. The Morgan fingerprint density at radius 1 is 1.11 bits per heavy atom. The normalized spacial score (nSPS) is 11.2. The maximum atomic E-state index is 13.5. The minimum atomic E-state index is -0.102. The minimum absolute atomic E-state index is 0.102. The lowest BCUT2D eigenvalue weighted by molar-refractivity contribution is 0.510. The fourth-order valence-electron chi connectivity index (χ4n) is 2.22. The van der Waals surface area contributed by atoms with Crippen LogP contribution in [0.3, 0.4) is 0 Å². The van der Waals surface area contributed by atoms with E-state index in [9.17, 15) is 4.39 Å². The van der Waals surface area contributed by atoms with Crippen molar-refractivity contribution in [3.8, 4) is 0 Å². The molecule has 1 aromatic rings. The lowest BCUT2D eigenvalue weighted by Gasteiger charge is -2.07. The van der Waals surface area contributed by atoms with Crippen LogP contribution >= 0.6 is 0 Å². The Balaban J connectivity index is 2.06. The van der Waals surface area contributed by atoms with E-state index in [2.05, 4.69) is 19.2 Å². The van der Waals surface area contributed by atoms with Crippen molar-refractivity contribution in [3.05, 3.63) is 35.1 Å². The average Bonchev–Trinajstić information content (AvgIpc) is 2.36. The summed E-state index contributed by atoms with van der Waals surface area (Å²) in [5.41, 5.74) is 1.90. The second-order valence-electron chi connectivity index (χ2n) is 5.87. The summed E-state index contributed by atoms with van der Waals surface area (Å²) in [5, 5.41) is 3.33. The van der Waals surface area contributed by atoms with E-state index in [1.54, 1.807) is 6.07 Å². The van der Waals surface area contributed by atoms with E-state index in [-0.39, 0.29) is 5.82 Å². The summed E-state index contributed by atoms with van der Waals surface area (Å²) in [5.74, 6) is 0.720. The molecule has 19 heavy (non-hydrogen) atoms. The molecular formula is C17H28FN. The van der Waals surface area contributed by atoms with Gasteiger partial charge in [0.05, 0.1) is 0 Å². The predicted molar refractivity (Wildman–Crippen MR) is 80.8 cm³/mol. The predicted octanol–water partition coefficient (Wildman–Crippen LogP) is 4.83. The van der Waals surface area contributed by atoms with Gasteiger partial charge in [0, 0.05) is 12.1 Å². The highest BCUT2D eigenvalue weighted by Crippen LogP contribution is 2.10. The molecule has 1 aromatic carbocycles. The minimum Gasteiger partial charge on any atom is -0.313 e. The summed E-state index contributed by atoms with van der Waals surface area (Å²) in [6.07, 6.45) is 6.45. The molecule has 0 aliphatic rings. The zero-order valence-electron chi connectivity index (χ0n) is 12.6. The van der Waals surface area contributed by atoms with Crippen LogP contribution in [-0.4, -0.2) is 6.54 Å². The van der Waals surface area contributed by atoms with Crippen LogP contribution in [-0.2, 0) is 6.54 Å². The highest BCUT2D eigenvalue weighted by atomic mass is 19.1. The first kappa shape index (κ1) is 16.2. The van der Waals surface area contributed by atoms with E-state index < -0.39 is 0 Å². The summed E-state index contributed by atoms with van der Waals surface area (Å²) >= 11 is 0. The average molecular weight is 265 g/mol. The summed E-state index contributed by atoms with van der Waals surface area (Å²) in [7, 11) is 0. The van der Waals surface area contributed by atoms with Gasteiger partial charge in [0.25, 0.3) is 0 Å². The van der Waals surface area contributed by atoms with E-state index in [0.29, 0.717) is 6.54 Å². The van der Waals surface area contributed by atoms with Crippen LogP contribution in [0.1, 0.15) is 57.1 Å². The van der Waals surface area contributed by atoms with Crippen LogP contribution in [0.15, 0.2) is 18.2 Å². The van der Waals surface area contributed by atoms with Gasteiger partial charge in [-0.25, -0.2) is 4.39 Å². The molecular weight excluding hydrogens is 237 g/mol. The van der Waals surface area contributed by atoms with Crippen LogP contribution in [0.4, 0.5) is 4.39 Å². The topological polar surface area (TPSA) is 12.0 Å². The van der Waals surface area contributed by atoms with Gasteiger partial charge in [-0.3, -0.25) is 0 Å². The van der Waals surface area contributed by atoms with Crippen LogP contribution in [0.5, 0.6) is 0 Å². The fourth-order valence-corrected chi connectivity index (χ4v) is 2.22. The van der Waals surface area contributed by atoms with Gasteiger partial charge in [0.1, 0.15) is 5.82 Å². The third kappa shape index (κ3) is 7.31. The smallest absolute Gasteiger partial charge is 0.127 e. The van der Waals surface area contributed by atoms with E-state index in [4.69, 9.17) is 0 Å². The Kier molecular flexibility index (Phi) is 7.73. The quantitative estimate of drug-likeness (QED) is 0.631. The lowest BCUT2D eigenvalue weighted by Crippen LogP contribution is -2.15. The van der Waals surface area contributed by atoms with E-state index in [1.807, 2.05) is 19.1 Å². The summed E-state index contributed by atoms with van der Waals surface area (Å²) in [6, 6.07) is 5.29. The maximum absolute atomic E-state index is 13.5. The molecule has 0 radical (unpaired) electrons. The van der Waals surface area contributed by atoms with Crippen molar-refractivity contribution >= 4 is 0 Å². The molecule has 0 aliphatic carbocycles. The van der Waals surface area contributed by atoms with Gasteiger partial charge in [-0.1, -0.05) is 57.2 Å². The first-order chi connectivity index (χ1) is 9.09. The Labute approximate surface area is 117 Å². The van der Waals surface area contributed by atoms with Gasteiger partial charge in [0.15, 0.2) is 0 Å². The van der Waals surface area contributed by atoms with Crippen molar-refractivity contribution in [3.63, 3.8) is 0 Å². The first-order valence-corrected chi connectivity index (χ1v) is 7.55. The second-order valence-corrected chi connectivity index (χ2v) is 5.87. The standard InChI is InChI=1S/C17H28FN/c1-14(2)8-6-4-5-7-11-19-13-16-12-15(3)9-10-17(16)18/h9-10,12,14,19H,4-8,11,13H2,1-3H3. The van der Waals surface area contributed by atoms with E-state index in [1.165, 1.54) is 32.1 Å². The summed E-state index contributed by atoms with van der Waals surface area (Å²) in [4.78, 5) is 0. The van der Waals surface area contributed by atoms with Crippen molar-refractivity contribution < 1.29 is 4.39 Å². The molecule has 0 saturated carbocycles. The van der Waals surface area contributed by atoms with Crippen molar-refractivity contribution in [1.29, 1.82) is 0 Å². The van der Waals surface area contributed by atoms with Crippen molar-refractivity contribution in [2.75, 3.05) is 6.54 Å². The van der Waals surface area contributed by atoms with Crippen molar-refractivity contribution in [2.24, 2.45) is 5.92 Å². The van der Waals surface area contributed by atoms with E-state index >= 15 is 0 Å². The SMILES string of the molecule is Cc1ccc(F)c(CNCCCCCCC(C)C)c1. The van der Waals surface area contributed by atoms with Crippen LogP contribution in [0.25, 0.3) is 0 Å². The number of hydrogen-bond donors (Lipinski definition) is 1. The molecule has 0 aromatic heterocycles. The van der Waals surface area contributed by atoms with Crippen molar-refractivity contribution in [1.82, 2.24) is 5.32 Å². The Morgan fingerprint density at radius 3 is 2.58 bits per heavy atom. The Morgan fingerprint density at radius 2 is 1.84 bits per heavy atom. The summed E-state index contributed by atoms with van der Waals surface area (Å²) in [6.45, 7) is 8.17. The van der Waals surface area contributed by atoms with Crippen LogP contribution < -0.4 is 5.32 Å². The zero-order chi connectivity index (χ0) is 14.1. The number of hydrogen-bond acceptors (Lipinski definition) is 1. The highest BCUT2D eigenvalue weighted by molar-refractivity contribution is 5.23. The molecule has 0 spiro atoms. The largest absolute Gasteiger partial charge is 0.313 e. The molecule has 0 amide bonds. The molecule has 0 bridgehead atoms. The number of aryl methyl sites for hydroxylation is 1. The highest BCUT2D eigenvalue weighted by Gasteiger charge is 2.01. The van der Waals surface area contributed by atoms with Gasteiger partial charge in [-0.2, -0.15) is 0 Å². The maximum Gasteiger partial charge on any atom is 0.127 e. The second kappa shape index (κ2) is 9.08. The van der Waals surface area contributed by atoms with Gasteiger partial charge in [0.2, 0.25) is 0 Å². The molecule has 0 saturated heterocycles.